The molecule has 4 aromatic carbocycles. The van der Waals surface area contributed by atoms with Crippen molar-refractivity contribution in [2.24, 2.45) is 0 Å². The van der Waals surface area contributed by atoms with E-state index in [1.807, 2.05) is 84.9 Å². The second kappa shape index (κ2) is 12.3. The SMILES string of the molecule is CC(O)=CC(=O)c1ccc2ccccc2c1.[Eu].c1ccc2nc(-c3ccc4ccccc4n3)ccc2c1. The molecule has 0 aliphatic rings. The summed E-state index contributed by atoms with van der Waals surface area (Å²) in [6, 6.07) is 37.9. The van der Waals surface area contributed by atoms with Crippen molar-refractivity contribution in [3.63, 3.8) is 0 Å². The van der Waals surface area contributed by atoms with Crippen LogP contribution in [0.25, 0.3) is 44.0 Å². The van der Waals surface area contributed by atoms with Gasteiger partial charge in [-0.3, -0.25) is 4.79 Å². The average molecular weight is 621 g/mol. The molecule has 0 aliphatic carbocycles. The first-order valence-electron chi connectivity index (χ1n) is 11.7. The maximum atomic E-state index is 11.7. The average Bonchev–Trinajstić information content (AvgIpc) is 2.92. The number of allylic oxidation sites excluding steroid dienone is 2. The molecule has 37 heavy (non-hydrogen) atoms. The van der Waals surface area contributed by atoms with E-state index < -0.39 is 0 Å². The third-order valence-electron chi connectivity index (χ3n) is 5.83. The van der Waals surface area contributed by atoms with Gasteiger partial charge in [0.15, 0.2) is 5.78 Å². The van der Waals surface area contributed by atoms with Gasteiger partial charge in [0.1, 0.15) is 0 Å². The van der Waals surface area contributed by atoms with Crippen LogP contribution in [0.1, 0.15) is 17.3 Å². The maximum Gasteiger partial charge on any atom is 0.189 e. The van der Waals surface area contributed by atoms with E-state index in [-0.39, 0.29) is 60.9 Å². The van der Waals surface area contributed by atoms with E-state index in [1.54, 1.807) is 6.07 Å². The van der Waals surface area contributed by atoms with Gasteiger partial charge in [-0.15, -0.1) is 0 Å². The van der Waals surface area contributed by atoms with Crippen LogP contribution in [0.3, 0.4) is 0 Å². The number of ketones is 1. The number of pyridine rings is 2. The molecule has 0 bridgehead atoms. The van der Waals surface area contributed by atoms with Crippen molar-refractivity contribution in [2.45, 2.75) is 6.92 Å². The van der Waals surface area contributed by atoms with Crippen LogP contribution in [0, 0.1) is 49.4 Å². The summed E-state index contributed by atoms with van der Waals surface area (Å²) in [5.41, 5.74) is 4.41. The Balaban J connectivity index is 0.000000173. The molecule has 181 valence electrons. The Morgan fingerprint density at radius 1 is 0.622 bits per heavy atom. The summed E-state index contributed by atoms with van der Waals surface area (Å²) in [6.07, 6.45) is 1.23. The first kappa shape index (κ1) is 26.8. The molecule has 0 spiro atoms. The standard InChI is InChI=1S/C18H12N2.C14H12O2.Eu/c1-3-7-15-13(5-1)9-11-17(19-15)18-12-10-14-6-2-4-8-16(14)20-18;1-10(15)8-14(16)13-7-6-11-4-2-3-5-12(11)9-13;/h1-12H;2-9,15H,1H3;. The predicted molar refractivity (Wildman–Crippen MR) is 147 cm³/mol. The van der Waals surface area contributed by atoms with Crippen LogP contribution in [0.4, 0.5) is 0 Å². The number of nitrogens with zero attached hydrogens (tertiary/aromatic N) is 2. The Hall–Kier alpha value is -3.25. The molecule has 6 aromatic rings. The van der Waals surface area contributed by atoms with Crippen molar-refractivity contribution in [3.8, 4) is 11.4 Å². The van der Waals surface area contributed by atoms with Crippen LogP contribution >= 0.6 is 0 Å². The second-order valence-corrected chi connectivity index (χ2v) is 8.49. The zero-order valence-electron chi connectivity index (χ0n) is 20.2. The van der Waals surface area contributed by atoms with Gasteiger partial charge in [0.2, 0.25) is 0 Å². The van der Waals surface area contributed by atoms with Crippen LogP contribution in [0.15, 0.2) is 127 Å². The number of aliphatic hydroxyl groups excluding tert-OH is 1. The number of carbonyl (C=O) groups excluding carboxylic acids is 1. The minimum atomic E-state index is -0.175. The van der Waals surface area contributed by atoms with Crippen molar-refractivity contribution in [1.29, 1.82) is 0 Å². The number of para-hydroxylation sites is 2. The Kier molecular flexibility index (Phi) is 8.93. The summed E-state index contributed by atoms with van der Waals surface area (Å²) in [5.74, 6) is -0.149. The van der Waals surface area contributed by atoms with Crippen molar-refractivity contribution in [3.05, 3.63) is 133 Å². The number of hydrogen-bond acceptors (Lipinski definition) is 4. The number of carbonyl (C=O) groups is 1. The zero-order valence-corrected chi connectivity index (χ0v) is 22.6. The molecule has 0 fully saturated rings. The van der Waals surface area contributed by atoms with Crippen molar-refractivity contribution in [2.75, 3.05) is 0 Å². The summed E-state index contributed by atoms with van der Waals surface area (Å²) in [4.78, 5) is 21.0. The van der Waals surface area contributed by atoms with E-state index in [0.29, 0.717) is 5.56 Å². The summed E-state index contributed by atoms with van der Waals surface area (Å²) >= 11 is 0. The maximum absolute atomic E-state index is 11.7. The molecule has 5 heteroatoms. The van der Waals surface area contributed by atoms with Crippen LogP contribution in [-0.4, -0.2) is 20.9 Å². The van der Waals surface area contributed by atoms with Gasteiger partial charge >= 0.3 is 0 Å². The van der Waals surface area contributed by atoms with E-state index in [0.717, 1.165) is 44.0 Å². The molecule has 2 aromatic heterocycles. The van der Waals surface area contributed by atoms with E-state index in [4.69, 9.17) is 5.11 Å². The molecule has 0 amide bonds. The topological polar surface area (TPSA) is 63.1 Å². The third kappa shape index (κ3) is 6.55. The van der Waals surface area contributed by atoms with Gasteiger partial charge in [-0.25, -0.2) is 9.97 Å². The van der Waals surface area contributed by atoms with Gasteiger partial charge < -0.3 is 5.11 Å². The molecule has 1 radical (unpaired) electrons. The Morgan fingerprint density at radius 3 is 1.62 bits per heavy atom. The molecule has 0 saturated heterocycles. The summed E-state index contributed by atoms with van der Waals surface area (Å²) in [5, 5.41) is 13.5. The van der Waals surface area contributed by atoms with Gasteiger partial charge in [-0.05, 0) is 48.0 Å². The summed E-state index contributed by atoms with van der Waals surface area (Å²) in [6.45, 7) is 1.49. The smallest absolute Gasteiger partial charge is 0.189 e. The van der Waals surface area contributed by atoms with E-state index >= 15 is 0 Å². The second-order valence-electron chi connectivity index (χ2n) is 8.49. The monoisotopic (exact) mass is 621 g/mol. The van der Waals surface area contributed by atoms with Crippen molar-refractivity contribution in [1.82, 2.24) is 9.97 Å². The molecule has 1 N–H and O–H groups in total. The van der Waals surface area contributed by atoms with Crippen molar-refractivity contribution >= 4 is 38.4 Å². The largest absolute Gasteiger partial charge is 0.512 e. The van der Waals surface area contributed by atoms with Crippen LogP contribution in [0.5, 0.6) is 0 Å². The molecular weight excluding hydrogens is 596 g/mol. The molecule has 0 aliphatic heterocycles. The van der Waals surface area contributed by atoms with E-state index in [2.05, 4.69) is 34.2 Å². The Labute approximate surface area is 256 Å². The molecule has 4 nitrogen and oxygen atoms in total. The number of hydrogen-bond donors (Lipinski definition) is 1. The van der Waals surface area contributed by atoms with Gasteiger partial charge in [-0.2, -0.15) is 0 Å². The number of rotatable bonds is 3. The molecule has 0 saturated carbocycles. The van der Waals surface area contributed by atoms with E-state index in [9.17, 15) is 4.79 Å². The van der Waals surface area contributed by atoms with Crippen LogP contribution in [-0.2, 0) is 0 Å². The minimum Gasteiger partial charge on any atom is -0.512 e. The fraction of sp³-hybridized carbons (Fsp3) is 0.0312. The molecule has 6 rings (SSSR count). The van der Waals surface area contributed by atoms with Gasteiger partial charge in [-0.1, -0.05) is 84.9 Å². The molecule has 2 heterocycles. The molecule has 0 atom stereocenters. The van der Waals surface area contributed by atoms with E-state index in [1.165, 1.54) is 13.0 Å². The first-order valence-corrected chi connectivity index (χ1v) is 11.7. The van der Waals surface area contributed by atoms with Crippen LogP contribution in [0.2, 0.25) is 0 Å². The predicted octanol–water partition coefficient (Wildman–Crippen LogP) is 7.93. The third-order valence-corrected chi connectivity index (χ3v) is 5.83. The van der Waals surface area contributed by atoms with Crippen molar-refractivity contribution < 1.29 is 59.3 Å². The Morgan fingerprint density at radius 2 is 1.08 bits per heavy atom. The molecular formula is C32H24EuN2O2. The fourth-order valence-corrected chi connectivity index (χ4v) is 4.03. The first-order chi connectivity index (χ1) is 17.6. The van der Waals surface area contributed by atoms with Crippen LogP contribution < -0.4 is 0 Å². The van der Waals surface area contributed by atoms with Gasteiger partial charge in [0, 0.05) is 71.8 Å². The number of fused-ring (bicyclic) bond motifs is 3. The number of benzene rings is 4. The van der Waals surface area contributed by atoms with Gasteiger partial charge in [0.25, 0.3) is 0 Å². The number of aliphatic hydroxyl groups is 1. The normalized spacial score (nSPS) is 11.0. The summed E-state index contributed by atoms with van der Waals surface area (Å²) < 4.78 is 0. The van der Waals surface area contributed by atoms with Gasteiger partial charge in [0.05, 0.1) is 28.2 Å². The summed E-state index contributed by atoms with van der Waals surface area (Å²) in [7, 11) is 0. The fourth-order valence-electron chi connectivity index (χ4n) is 4.03. The minimum absolute atomic E-state index is 0. The Bertz CT molecular complexity index is 1660. The zero-order chi connectivity index (χ0) is 24.9. The quantitative estimate of drug-likeness (QED) is 0.124. The number of aromatic nitrogens is 2. The molecule has 0 unspecified atom stereocenters.